The number of carbonyl (C=O) groups excluding carboxylic acids is 1. The monoisotopic (exact) mass is 626 g/mol. The number of halogens is 2. The molecule has 3 aromatic heterocycles. The van der Waals surface area contributed by atoms with Gasteiger partial charge in [-0.25, -0.2) is 9.97 Å². The number of rotatable bonds is 10. The fraction of sp³-hybridized carbons (Fsp3) is 0.400. The molecule has 1 saturated heterocycles. The molecule has 1 aliphatic rings. The molecule has 5 rings (SSSR count). The van der Waals surface area contributed by atoms with Gasteiger partial charge in [-0.1, -0.05) is 43.6 Å². The van der Waals surface area contributed by atoms with E-state index in [9.17, 15) is 4.79 Å². The number of amides is 1. The molecule has 4 heterocycles. The van der Waals surface area contributed by atoms with E-state index in [-0.39, 0.29) is 11.3 Å². The van der Waals surface area contributed by atoms with E-state index in [0.717, 1.165) is 37.1 Å². The Balaban J connectivity index is 1.50. The first-order valence-corrected chi connectivity index (χ1v) is 14.7. The summed E-state index contributed by atoms with van der Waals surface area (Å²) in [5, 5.41) is 7.83. The summed E-state index contributed by atoms with van der Waals surface area (Å²) in [6.45, 7) is 12.0. The van der Waals surface area contributed by atoms with E-state index in [4.69, 9.17) is 42.6 Å². The Labute approximate surface area is 260 Å². The molecule has 4 aromatic rings. The molecule has 0 unspecified atom stereocenters. The molecule has 2 N–H and O–H groups in total. The van der Waals surface area contributed by atoms with Gasteiger partial charge in [0.05, 0.1) is 31.3 Å². The van der Waals surface area contributed by atoms with Gasteiger partial charge in [0.15, 0.2) is 11.3 Å². The average Bonchev–Trinajstić information content (AvgIpc) is 3.42. The molecule has 228 valence electrons. The number of nitrogens with zero attached hydrogens (tertiary/aromatic N) is 6. The van der Waals surface area contributed by atoms with Gasteiger partial charge in [0.25, 0.3) is 0 Å². The molecule has 0 aliphatic carbocycles. The van der Waals surface area contributed by atoms with Gasteiger partial charge in [-0.05, 0) is 24.0 Å². The number of ether oxygens (including phenoxy) is 2. The fourth-order valence-electron chi connectivity index (χ4n) is 5.51. The highest BCUT2D eigenvalue weighted by atomic mass is 35.5. The van der Waals surface area contributed by atoms with E-state index in [1.165, 1.54) is 20.3 Å². The second-order valence-electron chi connectivity index (χ2n) is 11.3. The topological polar surface area (TPSA) is 109 Å². The molecule has 0 saturated carbocycles. The zero-order chi connectivity index (χ0) is 30.9. The normalized spacial score (nSPS) is 14.3. The molecule has 1 aromatic carbocycles. The number of hydrogen-bond acceptors (Lipinski definition) is 9. The predicted molar refractivity (Wildman–Crippen MR) is 171 cm³/mol. The van der Waals surface area contributed by atoms with Crippen molar-refractivity contribution >= 4 is 63.1 Å². The molecule has 1 aliphatic heterocycles. The van der Waals surface area contributed by atoms with Crippen molar-refractivity contribution in [3.8, 4) is 11.5 Å². The van der Waals surface area contributed by atoms with Crippen molar-refractivity contribution in [1.29, 1.82) is 0 Å². The summed E-state index contributed by atoms with van der Waals surface area (Å²) in [7, 11) is 4.85. The second-order valence-corrected chi connectivity index (χ2v) is 12.0. The summed E-state index contributed by atoms with van der Waals surface area (Å²) in [4.78, 5) is 30.4. The van der Waals surface area contributed by atoms with Crippen LogP contribution in [0, 0.1) is 5.41 Å². The number of imidazole rings is 1. The van der Waals surface area contributed by atoms with Crippen LogP contribution < -0.4 is 20.1 Å². The SMILES string of the molecule is C=CC(=O)N1CCN(CC(C)(C)Cc2cn3c(n2)c(Nc2c(Cl)c(OC)cc(OC)c2Cl)cc2cnc(NC)nc23)CC1. The van der Waals surface area contributed by atoms with Crippen LogP contribution >= 0.6 is 23.2 Å². The van der Waals surface area contributed by atoms with Crippen molar-refractivity contribution in [2.75, 3.05) is 64.6 Å². The van der Waals surface area contributed by atoms with Gasteiger partial charge in [-0.15, -0.1) is 0 Å². The Kier molecular flexibility index (Phi) is 8.86. The third-order valence-electron chi connectivity index (χ3n) is 7.55. The van der Waals surface area contributed by atoms with Crippen LogP contribution in [0.2, 0.25) is 10.0 Å². The van der Waals surface area contributed by atoms with Crippen LogP contribution in [-0.4, -0.2) is 89.1 Å². The smallest absolute Gasteiger partial charge is 0.246 e. The number of anilines is 3. The molecule has 0 radical (unpaired) electrons. The third kappa shape index (κ3) is 6.29. The molecule has 13 heteroatoms. The largest absolute Gasteiger partial charge is 0.495 e. The summed E-state index contributed by atoms with van der Waals surface area (Å²) < 4.78 is 12.9. The number of hydrogen-bond donors (Lipinski definition) is 2. The minimum absolute atomic E-state index is 0.0135. The average molecular weight is 628 g/mol. The van der Waals surface area contributed by atoms with Crippen molar-refractivity contribution in [1.82, 2.24) is 29.2 Å². The lowest BCUT2D eigenvalue weighted by Crippen LogP contribution is -2.50. The van der Waals surface area contributed by atoms with Gasteiger partial charge in [0.2, 0.25) is 11.9 Å². The maximum absolute atomic E-state index is 12.0. The molecule has 43 heavy (non-hydrogen) atoms. The third-order valence-corrected chi connectivity index (χ3v) is 8.30. The standard InChI is InChI=1S/C30H36Cl2N8O3/c1-7-23(41)39-10-8-38(9-11-39)17-30(2,3)14-19-16-40-27-18(15-34-29(33-4)37-27)12-20(28(40)35-19)36-26-24(31)21(42-5)13-22(43-6)25(26)32/h7,12-13,15-16,36H,1,8-11,14,17H2,2-6H3,(H,33,34,37). The highest BCUT2D eigenvalue weighted by Gasteiger charge is 2.28. The van der Waals surface area contributed by atoms with Crippen molar-refractivity contribution < 1.29 is 14.3 Å². The molecule has 1 fully saturated rings. The van der Waals surface area contributed by atoms with E-state index in [1.807, 2.05) is 21.6 Å². The van der Waals surface area contributed by atoms with Gasteiger partial charge >= 0.3 is 0 Å². The first kappa shape index (κ1) is 30.7. The quantitative estimate of drug-likeness (QED) is 0.227. The summed E-state index contributed by atoms with van der Waals surface area (Å²) in [5.74, 6) is 1.33. The van der Waals surface area contributed by atoms with E-state index in [0.29, 0.717) is 63.3 Å². The van der Waals surface area contributed by atoms with Crippen molar-refractivity contribution in [3.63, 3.8) is 0 Å². The molecule has 1 amide bonds. The number of piperazine rings is 1. The van der Waals surface area contributed by atoms with Gasteiger partial charge in [-0.2, -0.15) is 4.98 Å². The number of fused-ring (bicyclic) bond motifs is 3. The fourth-order valence-corrected chi connectivity index (χ4v) is 6.11. The number of methoxy groups -OCH3 is 2. The van der Waals surface area contributed by atoms with Crippen molar-refractivity contribution in [3.05, 3.63) is 52.9 Å². The zero-order valence-electron chi connectivity index (χ0n) is 25.0. The van der Waals surface area contributed by atoms with E-state index >= 15 is 0 Å². The second kappa shape index (κ2) is 12.4. The Hall–Kier alpha value is -3.80. The molecule has 0 atom stereocenters. The number of pyridine rings is 1. The zero-order valence-corrected chi connectivity index (χ0v) is 26.5. The summed E-state index contributed by atoms with van der Waals surface area (Å²) >= 11 is 13.4. The minimum Gasteiger partial charge on any atom is -0.495 e. The van der Waals surface area contributed by atoms with Crippen LogP contribution in [0.3, 0.4) is 0 Å². The van der Waals surface area contributed by atoms with Crippen molar-refractivity contribution in [2.24, 2.45) is 5.41 Å². The summed E-state index contributed by atoms with van der Waals surface area (Å²) in [6, 6.07) is 3.57. The first-order chi connectivity index (χ1) is 20.6. The van der Waals surface area contributed by atoms with Crippen LogP contribution in [0.1, 0.15) is 19.5 Å². The van der Waals surface area contributed by atoms with Crippen LogP contribution in [0.25, 0.3) is 16.7 Å². The first-order valence-electron chi connectivity index (χ1n) is 13.9. The number of nitrogens with one attached hydrogen (secondary N) is 2. The Morgan fingerprint density at radius 1 is 1.07 bits per heavy atom. The maximum atomic E-state index is 12.0. The molecule has 0 bridgehead atoms. The van der Waals surface area contributed by atoms with Gasteiger partial charge in [0.1, 0.15) is 21.5 Å². The molecular weight excluding hydrogens is 591 g/mol. The summed E-state index contributed by atoms with van der Waals surface area (Å²) in [6.07, 6.45) is 5.88. The number of carbonyl (C=O) groups is 1. The lowest BCUT2D eigenvalue weighted by molar-refractivity contribution is -0.127. The predicted octanol–water partition coefficient (Wildman–Crippen LogP) is 5.29. The van der Waals surface area contributed by atoms with E-state index in [1.54, 1.807) is 19.3 Å². The highest BCUT2D eigenvalue weighted by molar-refractivity contribution is 6.41. The Morgan fingerprint density at radius 2 is 1.74 bits per heavy atom. The lowest BCUT2D eigenvalue weighted by atomic mass is 9.87. The number of aromatic nitrogens is 4. The van der Waals surface area contributed by atoms with Crippen LogP contribution in [0.15, 0.2) is 37.2 Å². The van der Waals surface area contributed by atoms with Crippen LogP contribution in [-0.2, 0) is 11.2 Å². The van der Waals surface area contributed by atoms with E-state index < -0.39 is 0 Å². The molecule has 0 spiro atoms. The Morgan fingerprint density at radius 3 is 2.35 bits per heavy atom. The number of benzene rings is 1. The van der Waals surface area contributed by atoms with Gasteiger partial charge in [0, 0.05) is 63.6 Å². The highest BCUT2D eigenvalue weighted by Crippen LogP contribution is 2.46. The Bertz CT molecular complexity index is 1650. The lowest BCUT2D eigenvalue weighted by Gasteiger charge is -2.38. The van der Waals surface area contributed by atoms with E-state index in [2.05, 4.69) is 40.9 Å². The molecular formula is C30H36Cl2N8O3. The van der Waals surface area contributed by atoms with Crippen LogP contribution in [0.5, 0.6) is 11.5 Å². The van der Waals surface area contributed by atoms with Gasteiger partial charge < -0.3 is 25.0 Å². The molecule has 11 nitrogen and oxygen atoms in total. The van der Waals surface area contributed by atoms with Crippen molar-refractivity contribution in [2.45, 2.75) is 20.3 Å². The minimum atomic E-state index is -0.0934. The van der Waals surface area contributed by atoms with Crippen LogP contribution in [0.4, 0.5) is 17.3 Å². The van der Waals surface area contributed by atoms with Gasteiger partial charge in [-0.3, -0.25) is 14.1 Å². The summed E-state index contributed by atoms with van der Waals surface area (Å²) in [5.41, 5.74) is 3.28. The maximum Gasteiger partial charge on any atom is 0.246 e.